The summed E-state index contributed by atoms with van der Waals surface area (Å²) < 4.78 is 2.06. The van der Waals surface area contributed by atoms with E-state index in [1.165, 1.54) is 4.90 Å². The first-order valence-electron chi connectivity index (χ1n) is 8.29. The van der Waals surface area contributed by atoms with Crippen molar-refractivity contribution in [3.8, 4) is 0 Å². The first kappa shape index (κ1) is 16.8. The minimum Gasteiger partial charge on any atom is -0.324 e. The summed E-state index contributed by atoms with van der Waals surface area (Å²) in [7, 11) is 0. The van der Waals surface area contributed by atoms with E-state index in [0.717, 1.165) is 37.4 Å². The summed E-state index contributed by atoms with van der Waals surface area (Å²) in [5.74, 6) is 1.24. The first-order chi connectivity index (χ1) is 11.7. The number of thioether (sulfide) groups is 1. The van der Waals surface area contributed by atoms with Crippen molar-refractivity contribution in [2.75, 3.05) is 24.7 Å². The zero-order valence-corrected chi connectivity index (χ0v) is 14.9. The molecule has 1 aliphatic rings. The van der Waals surface area contributed by atoms with Crippen LogP contribution in [-0.2, 0) is 6.54 Å². The fraction of sp³-hybridized carbons (Fsp3) is 0.471. The number of nitrogens with one attached hydrogen (secondary N) is 1. The van der Waals surface area contributed by atoms with Crippen molar-refractivity contribution in [1.82, 2.24) is 19.7 Å². The van der Waals surface area contributed by atoms with Crippen molar-refractivity contribution in [3.63, 3.8) is 0 Å². The lowest BCUT2D eigenvalue weighted by Gasteiger charge is -2.32. The van der Waals surface area contributed by atoms with Crippen LogP contribution in [-0.4, -0.2) is 45.0 Å². The van der Waals surface area contributed by atoms with Gasteiger partial charge in [-0.15, -0.1) is 22.0 Å². The van der Waals surface area contributed by atoms with E-state index in [1.807, 2.05) is 35.4 Å². The number of likely N-dealkylation sites (tertiary alicyclic amines) is 1. The van der Waals surface area contributed by atoms with Crippen LogP contribution < -0.4 is 5.32 Å². The predicted octanol–water partition coefficient (Wildman–Crippen LogP) is 3.43. The highest BCUT2D eigenvalue weighted by Crippen LogP contribution is 2.26. The van der Waals surface area contributed by atoms with Crippen LogP contribution in [0.15, 0.2) is 35.5 Å². The molecule has 2 aromatic rings. The summed E-state index contributed by atoms with van der Waals surface area (Å²) in [6, 6.07) is 7.88. The maximum Gasteiger partial charge on any atom is 0.321 e. The molecule has 7 heteroatoms. The molecular weight excluding hydrogens is 322 g/mol. The third-order valence-electron chi connectivity index (χ3n) is 4.40. The molecule has 2 amide bonds. The van der Waals surface area contributed by atoms with Gasteiger partial charge in [-0.05, 0) is 50.3 Å². The highest BCUT2D eigenvalue weighted by molar-refractivity contribution is 7.98. The zero-order chi connectivity index (χ0) is 16.9. The fourth-order valence-electron chi connectivity index (χ4n) is 3.07. The van der Waals surface area contributed by atoms with E-state index in [4.69, 9.17) is 0 Å². The van der Waals surface area contributed by atoms with Crippen LogP contribution in [0.2, 0.25) is 0 Å². The van der Waals surface area contributed by atoms with Crippen molar-refractivity contribution in [2.45, 2.75) is 37.1 Å². The van der Waals surface area contributed by atoms with Crippen molar-refractivity contribution in [2.24, 2.45) is 0 Å². The number of hydrogen-bond acceptors (Lipinski definition) is 4. The summed E-state index contributed by atoms with van der Waals surface area (Å²) in [5, 5.41) is 11.3. The number of urea groups is 1. The molecule has 1 N–H and O–H groups in total. The Morgan fingerprint density at radius 3 is 2.88 bits per heavy atom. The molecule has 0 spiro atoms. The molecule has 0 radical (unpaired) electrons. The van der Waals surface area contributed by atoms with Crippen molar-refractivity contribution in [1.29, 1.82) is 0 Å². The number of aromatic nitrogens is 3. The molecule has 1 aromatic heterocycles. The molecule has 1 fully saturated rings. The molecule has 0 unspecified atom stereocenters. The SMILES string of the molecule is CCn1cnnc1[C@@H]1CCCN(C(=O)Nc2ccc(SC)cc2)C1. The van der Waals surface area contributed by atoms with Crippen LogP contribution in [0.1, 0.15) is 31.5 Å². The Labute approximate surface area is 146 Å². The highest BCUT2D eigenvalue weighted by Gasteiger charge is 2.27. The average Bonchev–Trinajstić information content (AvgIpc) is 3.11. The van der Waals surface area contributed by atoms with Crippen LogP contribution in [0.25, 0.3) is 0 Å². The van der Waals surface area contributed by atoms with Gasteiger partial charge in [-0.3, -0.25) is 0 Å². The summed E-state index contributed by atoms with van der Waals surface area (Å²) in [6.07, 6.45) is 5.84. The van der Waals surface area contributed by atoms with Crippen molar-refractivity contribution >= 4 is 23.5 Å². The molecule has 24 heavy (non-hydrogen) atoms. The minimum absolute atomic E-state index is 0.0424. The molecule has 1 saturated heterocycles. The topological polar surface area (TPSA) is 63.1 Å². The molecular formula is C17H23N5OS. The van der Waals surface area contributed by atoms with E-state index in [2.05, 4.69) is 27.0 Å². The maximum atomic E-state index is 12.6. The molecule has 0 saturated carbocycles. The van der Waals surface area contributed by atoms with Gasteiger partial charge < -0.3 is 14.8 Å². The average molecular weight is 345 g/mol. The fourth-order valence-corrected chi connectivity index (χ4v) is 3.48. The van der Waals surface area contributed by atoms with Crippen LogP contribution in [0.5, 0.6) is 0 Å². The van der Waals surface area contributed by atoms with Gasteiger partial charge in [-0.2, -0.15) is 0 Å². The summed E-state index contributed by atoms with van der Waals surface area (Å²) in [6.45, 7) is 4.41. The van der Waals surface area contributed by atoms with Gasteiger partial charge >= 0.3 is 6.03 Å². The van der Waals surface area contributed by atoms with Gasteiger partial charge in [0.15, 0.2) is 0 Å². The van der Waals surface area contributed by atoms with Crippen molar-refractivity contribution < 1.29 is 4.79 Å². The third kappa shape index (κ3) is 3.72. The van der Waals surface area contributed by atoms with Crippen molar-refractivity contribution in [3.05, 3.63) is 36.4 Å². The molecule has 6 nitrogen and oxygen atoms in total. The van der Waals surface area contributed by atoms with E-state index in [0.29, 0.717) is 6.54 Å². The number of aryl methyl sites for hydroxylation is 1. The number of amides is 2. The van der Waals surface area contributed by atoms with Gasteiger partial charge in [-0.25, -0.2) is 4.79 Å². The van der Waals surface area contributed by atoms with E-state index >= 15 is 0 Å². The molecule has 1 aromatic carbocycles. The monoisotopic (exact) mass is 345 g/mol. The van der Waals surface area contributed by atoms with Crippen LogP contribution >= 0.6 is 11.8 Å². The Hall–Kier alpha value is -2.02. The Kier molecular flexibility index (Phi) is 5.40. The number of piperidine rings is 1. The number of hydrogen-bond donors (Lipinski definition) is 1. The molecule has 128 valence electrons. The number of anilines is 1. The van der Waals surface area contributed by atoms with Crippen LogP contribution in [0, 0.1) is 0 Å². The third-order valence-corrected chi connectivity index (χ3v) is 5.14. The number of carbonyl (C=O) groups is 1. The summed E-state index contributed by atoms with van der Waals surface area (Å²) in [4.78, 5) is 15.6. The lowest BCUT2D eigenvalue weighted by molar-refractivity contribution is 0.190. The zero-order valence-electron chi connectivity index (χ0n) is 14.1. The first-order valence-corrected chi connectivity index (χ1v) is 9.51. The standard InChI is InChI=1S/C17H23N5OS/c1-3-21-12-18-20-16(21)13-5-4-10-22(11-13)17(23)19-14-6-8-15(24-2)9-7-14/h6-9,12-13H,3-5,10-11H2,1-2H3,(H,19,23)/t13-/m1/s1. The lowest BCUT2D eigenvalue weighted by atomic mass is 9.97. The Bertz CT molecular complexity index is 685. The minimum atomic E-state index is -0.0424. The molecule has 1 aliphatic heterocycles. The second-order valence-corrected chi connectivity index (χ2v) is 6.80. The number of rotatable bonds is 4. The van der Waals surface area contributed by atoms with Gasteiger partial charge in [0.2, 0.25) is 0 Å². The molecule has 3 rings (SSSR count). The van der Waals surface area contributed by atoms with E-state index in [1.54, 1.807) is 18.1 Å². The highest BCUT2D eigenvalue weighted by atomic mass is 32.2. The van der Waals surface area contributed by atoms with Gasteiger partial charge in [-0.1, -0.05) is 0 Å². The van der Waals surface area contributed by atoms with Gasteiger partial charge in [0.25, 0.3) is 0 Å². The second-order valence-electron chi connectivity index (χ2n) is 5.92. The molecule has 2 heterocycles. The Morgan fingerprint density at radius 1 is 1.38 bits per heavy atom. The lowest BCUT2D eigenvalue weighted by Crippen LogP contribution is -2.42. The normalized spacial score (nSPS) is 17.8. The van der Waals surface area contributed by atoms with E-state index < -0.39 is 0 Å². The number of benzene rings is 1. The maximum absolute atomic E-state index is 12.6. The Balaban J connectivity index is 1.64. The number of nitrogens with zero attached hydrogens (tertiary/aromatic N) is 4. The quantitative estimate of drug-likeness (QED) is 0.862. The van der Waals surface area contributed by atoms with E-state index in [-0.39, 0.29) is 11.9 Å². The van der Waals surface area contributed by atoms with E-state index in [9.17, 15) is 4.79 Å². The Morgan fingerprint density at radius 2 is 2.17 bits per heavy atom. The van der Waals surface area contributed by atoms with Crippen LogP contribution in [0.3, 0.4) is 0 Å². The molecule has 1 atom stereocenters. The van der Waals surface area contributed by atoms with Crippen LogP contribution in [0.4, 0.5) is 10.5 Å². The van der Waals surface area contributed by atoms with Gasteiger partial charge in [0, 0.05) is 36.1 Å². The molecule has 0 bridgehead atoms. The second kappa shape index (κ2) is 7.70. The predicted molar refractivity (Wildman–Crippen MR) is 96.5 cm³/mol. The number of carbonyl (C=O) groups excluding carboxylic acids is 1. The summed E-state index contributed by atoms with van der Waals surface area (Å²) in [5.41, 5.74) is 0.830. The molecule has 0 aliphatic carbocycles. The smallest absolute Gasteiger partial charge is 0.321 e. The summed E-state index contributed by atoms with van der Waals surface area (Å²) >= 11 is 1.69. The largest absolute Gasteiger partial charge is 0.324 e. The van der Waals surface area contributed by atoms with Gasteiger partial charge in [0.05, 0.1) is 0 Å². The van der Waals surface area contributed by atoms with Gasteiger partial charge in [0.1, 0.15) is 12.2 Å².